The first-order chi connectivity index (χ1) is 2.81. The minimum absolute atomic E-state index is 0.176. The number of alkyl halides is 1. The van der Waals surface area contributed by atoms with Gasteiger partial charge in [-0.1, -0.05) is 12.8 Å². The van der Waals surface area contributed by atoms with E-state index in [1.54, 1.807) is 0 Å². The molecule has 0 aromatic carbocycles. The van der Waals surface area contributed by atoms with Crippen LogP contribution < -0.4 is 0 Å². The minimum atomic E-state index is -0.176. The van der Waals surface area contributed by atoms with Crippen LogP contribution in [0.4, 0.5) is 0 Å². The van der Waals surface area contributed by atoms with Crippen LogP contribution in [-0.4, -0.2) is 5.38 Å². The lowest BCUT2D eigenvalue weighted by atomic mass is 10.3. The van der Waals surface area contributed by atoms with Crippen LogP contribution in [0.25, 0.3) is 0 Å². The van der Waals surface area contributed by atoms with Crippen molar-refractivity contribution in [2.45, 2.75) is 11.8 Å². The maximum Gasteiger partial charge on any atom is 0.0940 e. The van der Waals surface area contributed by atoms with E-state index in [9.17, 15) is 0 Å². The molecular weight excluding hydrogens is 95.5 g/mol. The monoisotopic (exact) mass is 101 g/mol. The highest BCUT2D eigenvalue weighted by Gasteiger charge is 1.88. The van der Waals surface area contributed by atoms with Crippen LogP contribution in [0.3, 0.4) is 0 Å². The van der Waals surface area contributed by atoms with E-state index in [2.05, 4.69) is 12.8 Å². The summed E-state index contributed by atoms with van der Waals surface area (Å²) in [7, 11) is 0. The van der Waals surface area contributed by atoms with Gasteiger partial charge in [-0.25, -0.2) is 0 Å². The molecule has 0 aromatic rings. The third-order valence-electron chi connectivity index (χ3n) is 0.434. The smallest absolute Gasteiger partial charge is 0.0940 e. The Bertz CT molecular complexity index is 60.8. The Hall–Kier alpha value is -0.150. The second-order valence-electron chi connectivity index (χ2n) is 0.923. The van der Waals surface area contributed by atoms with Crippen molar-refractivity contribution >= 4 is 11.6 Å². The van der Waals surface area contributed by atoms with Crippen LogP contribution in [0.1, 0.15) is 6.42 Å². The largest absolute Gasteiger partial charge is 0.119 e. The van der Waals surface area contributed by atoms with E-state index < -0.39 is 0 Å². The van der Waals surface area contributed by atoms with E-state index >= 15 is 0 Å². The van der Waals surface area contributed by atoms with E-state index in [1.807, 2.05) is 0 Å². The van der Waals surface area contributed by atoms with Gasteiger partial charge in [-0.3, -0.25) is 0 Å². The van der Waals surface area contributed by atoms with Crippen molar-refractivity contribution in [3.8, 4) is 12.3 Å². The summed E-state index contributed by atoms with van der Waals surface area (Å²) < 4.78 is 0. The van der Waals surface area contributed by atoms with Crippen molar-refractivity contribution in [2.24, 2.45) is 0 Å². The predicted octanol–water partition coefficient (Wildman–Crippen LogP) is 1.45. The zero-order valence-electron chi connectivity index (χ0n) is 3.45. The molecule has 1 atom stereocenters. The molecule has 0 saturated carbocycles. The molecule has 0 rings (SSSR count). The van der Waals surface area contributed by atoms with Gasteiger partial charge < -0.3 is 0 Å². The topological polar surface area (TPSA) is 0 Å². The molecule has 0 heterocycles. The molecule has 0 bridgehead atoms. The van der Waals surface area contributed by atoms with E-state index in [1.165, 1.54) is 0 Å². The van der Waals surface area contributed by atoms with Crippen molar-refractivity contribution in [1.82, 2.24) is 0 Å². The van der Waals surface area contributed by atoms with Gasteiger partial charge in [0.2, 0.25) is 0 Å². The Balaban J connectivity index is 3.04. The maximum atomic E-state index is 5.35. The van der Waals surface area contributed by atoms with Crippen molar-refractivity contribution < 1.29 is 0 Å². The van der Waals surface area contributed by atoms with Crippen LogP contribution in [0, 0.1) is 19.3 Å². The summed E-state index contributed by atoms with van der Waals surface area (Å²) in [6, 6.07) is 0. The second-order valence-corrected chi connectivity index (χ2v) is 1.45. The van der Waals surface area contributed by atoms with Crippen LogP contribution in [0.2, 0.25) is 0 Å². The third-order valence-corrected chi connectivity index (χ3v) is 0.778. The highest BCUT2D eigenvalue weighted by atomic mass is 35.5. The standard InChI is InChI=1S/C5H6Cl/c1-3-5(6)4-2/h1,5H,2,4H2. The van der Waals surface area contributed by atoms with Gasteiger partial charge in [0.15, 0.2) is 0 Å². The quantitative estimate of drug-likeness (QED) is 0.347. The fourth-order valence-electron chi connectivity index (χ4n) is 0.0833. The second kappa shape index (κ2) is 3.06. The lowest BCUT2D eigenvalue weighted by Gasteiger charge is -1.87. The summed E-state index contributed by atoms with van der Waals surface area (Å²) in [5.74, 6) is 2.32. The Morgan fingerprint density at radius 3 is 2.50 bits per heavy atom. The number of rotatable bonds is 1. The Morgan fingerprint density at radius 2 is 2.50 bits per heavy atom. The number of hydrogen-bond donors (Lipinski definition) is 0. The van der Waals surface area contributed by atoms with Gasteiger partial charge in [0.1, 0.15) is 0 Å². The summed E-state index contributed by atoms with van der Waals surface area (Å²) in [5.41, 5.74) is 0. The normalized spacial score (nSPS) is 12.8. The highest BCUT2D eigenvalue weighted by Crippen LogP contribution is 1.95. The average molecular weight is 102 g/mol. The lowest BCUT2D eigenvalue weighted by Crippen LogP contribution is -1.86. The fourth-order valence-corrected chi connectivity index (χ4v) is 0.0833. The molecule has 0 N–H and O–H groups in total. The van der Waals surface area contributed by atoms with Gasteiger partial charge in [-0.15, -0.1) is 18.0 Å². The Kier molecular flexibility index (Phi) is 2.98. The van der Waals surface area contributed by atoms with E-state index in [4.69, 9.17) is 18.0 Å². The summed E-state index contributed by atoms with van der Waals surface area (Å²) in [4.78, 5) is 0. The zero-order valence-corrected chi connectivity index (χ0v) is 4.20. The number of terminal acetylenes is 1. The summed E-state index contributed by atoms with van der Waals surface area (Å²) in [6.07, 6.45) is 5.47. The van der Waals surface area contributed by atoms with Crippen molar-refractivity contribution in [3.63, 3.8) is 0 Å². The predicted molar refractivity (Wildman–Crippen MR) is 28.4 cm³/mol. The van der Waals surface area contributed by atoms with Gasteiger partial charge >= 0.3 is 0 Å². The van der Waals surface area contributed by atoms with Crippen molar-refractivity contribution in [1.29, 1.82) is 0 Å². The molecule has 0 aliphatic rings. The molecule has 1 radical (unpaired) electrons. The average Bonchev–Trinajstić information content (AvgIpc) is 1.65. The molecule has 0 aliphatic carbocycles. The first-order valence-corrected chi connectivity index (χ1v) is 2.14. The van der Waals surface area contributed by atoms with Crippen LogP contribution in [0.15, 0.2) is 0 Å². The van der Waals surface area contributed by atoms with Gasteiger partial charge in [0, 0.05) is 0 Å². The summed E-state index contributed by atoms with van der Waals surface area (Å²) in [5, 5.41) is -0.176. The molecular formula is C5H6Cl. The van der Waals surface area contributed by atoms with Gasteiger partial charge in [0.05, 0.1) is 5.38 Å². The van der Waals surface area contributed by atoms with E-state index in [0.29, 0.717) is 6.42 Å². The van der Waals surface area contributed by atoms with Crippen molar-refractivity contribution in [2.75, 3.05) is 0 Å². The third kappa shape index (κ3) is 2.11. The van der Waals surface area contributed by atoms with Gasteiger partial charge in [-0.2, -0.15) is 0 Å². The molecule has 0 saturated heterocycles. The molecule has 0 fully saturated rings. The van der Waals surface area contributed by atoms with Crippen LogP contribution in [0.5, 0.6) is 0 Å². The summed E-state index contributed by atoms with van der Waals surface area (Å²) >= 11 is 5.35. The van der Waals surface area contributed by atoms with Gasteiger partial charge in [0.25, 0.3) is 0 Å². The lowest BCUT2D eigenvalue weighted by molar-refractivity contribution is 1.09. The summed E-state index contributed by atoms with van der Waals surface area (Å²) in [6.45, 7) is 3.48. The van der Waals surface area contributed by atoms with Crippen LogP contribution >= 0.6 is 11.6 Å². The van der Waals surface area contributed by atoms with Gasteiger partial charge in [-0.05, 0) is 6.42 Å². The van der Waals surface area contributed by atoms with E-state index in [-0.39, 0.29) is 5.38 Å². The highest BCUT2D eigenvalue weighted by molar-refractivity contribution is 6.22. The molecule has 0 nitrogen and oxygen atoms in total. The maximum absolute atomic E-state index is 5.35. The minimum Gasteiger partial charge on any atom is -0.119 e. The molecule has 0 spiro atoms. The first kappa shape index (κ1) is 5.85. The Morgan fingerprint density at radius 1 is 2.00 bits per heavy atom. The first-order valence-electron chi connectivity index (χ1n) is 1.70. The molecule has 33 valence electrons. The number of halogens is 1. The van der Waals surface area contributed by atoms with E-state index in [0.717, 1.165) is 0 Å². The molecule has 6 heavy (non-hydrogen) atoms. The fraction of sp³-hybridized carbons (Fsp3) is 0.400. The molecule has 0 aliphatic heterocycles. The number of hydrogen-bond acceptors (Lipinski definition) is 0. The van der Waals surface area contributed by atoms with Crippen molar-refractivity contribution in [3.05, 3.63) is 6.92 Å². The Labute approximate surface area is 43.5 Å². The SMILES string of the molecule is C#CC(Cl)C[CH2]. The molecule has 1 unspecified atom stereocenters. The zero-order chi connectivity index (χ0) is 4.99. The molecule has 0 aromatic heterocycles. The molecule has 0 amide bonds. The molecule has 1 heteroatoms. The van der Waals surface area contributed by atoms with Crippen LogP contribution in [-0.2, 0) is 0 Å².